The van der Waals surface area contributed by atoms with E-state index in [4.69, 9.17) is 24.3 Å². The van der Waals surface area contributed by atoms with Crippen molar-refractivity contribution >= 4 is 13.8 Å². The summed E-state index contributed by atoms with van der Waals surface area (Å²) in [5.41, 5.74) is 5.38. The highest BCUT2D eigenvalue weighted by atomic mass is 31.2. The van der Waals surface area contributed by atoms with E-state index in [9.17, 15) is 14.3 Å². The Morgan fingerprint density at radius 1 is 0.469 bits per heavy atom. The molecule has 0 aromatic heterocycles. The molecule has 64 heavy (non-hydrogen) atoms. The number of rotatable bonds is 46. The van der Waals surface area contributed by atoms with Gasteiger partial charge < -0.3 is 20.1 Å². The minimum absolute atomic E-state index is 0.0868. The molecule has 0 heterocycles. The fraction of sp³-hybridized carbons (Fsp3) is 0.618. The summed E-state index contributed by atoms with van der Waals surface area (Å²) in [4.78, 5) is 22.6. The number of phosphoric acid groups is 1. The van der Waals surface area contributed by atoms with Gasteiger partial charge in [-0.3, -0.25) is 13.8 Å². The number of unbranched alkanes of at least 4 members (excludes halogenated alkanes) is 13. The number of esters is 1. The third-order valence-corrected chi connectivity index (χ3v) is 10.9. The van der Waals surface area contributed by atoms with Crippen molar-refractivity contribution in [2.75, 3.05) is 33.0 Å². The molecule has 0 saturated heterocycles. The van der Waals surface area contributed by atoms with Crippen molar-refractivity contribution in [3.05, 3.63) is 122 Å². The summed E-state index contributed by atoms with van der Waals surface area (Å²) >= 11 is 0. The largest absolute Gasteiger partial charge is 0.472 e. The molecule has 0 amide bonds. The smallest absolute Gasteiger partial charge is 0.457 e. The molecule has 8 nitrogen and oxygen atoms in total. The van der Waals surface area contributed by atoms with Gasteiger partial charge in [-0.15, -0.1) is 0 Å². The van der Waals surface area contributed by atoms with Gasteiger partial charge >= 0.3 is 13.8 Å². The molecule has 0 bridgehead atoms. The van der Waals surface area contributed by atoms with Gasteiger partial charge in [0.1, 0.15) is 6.10 Å². The Morgan fingerprint density at radius 3 is 1.23 bits per heavy atom. The first-order valence-corrected chi connectivity index (χ1v) is 26.5. The lowest BCUT2D eigenvalue weighted by Gasteiger charge is -2.20. The van der Waals surface area contributed by atoms with E-state index in [1.807, 2.05) is 0 Å². The van der Waals surface area contributed by atoms with Gasteiger partial charge in [-0.05, 0) is 103 Å². The van der Waals surface area contributed by atoms with E-state index in [2.05, 4.69) is 135 Å². The summed E-state index contributed by atoms with van der Waals surface area (Å²) in [5, 5.41) is 0. The Kier molecular flexibility index (Phi) is 48.4. The molecule has 0 aromatic rings. The molecule has 2 unspecified atom stereocenters. The second-order valence-corrected chi connectivity index (χ2v) is 17.4. The van der Waals surface area contributed by atoms with Gasteiger partial charge in [-0.2, -0.15) is 0 Å². The predicted molar refractivity (Wildman–Crippen MR) is 274 cm³/mol. The minimum atomic E-state index is -4.30. The lowest BCUT2D eigenvalue weighted by Crippen LogP contribution is -2.28. The first-order chi connectivity index (χ1) is 31.4. The monoisotopic (exact) mass is 910 g/mol. The topological polar surface area (TPSA) is 117 Å². The third kappa shape index (κ3) is 49.9. The highest BCUT2D eigenvalue weighted by Crippen LogP contribution is 2.43. The number of allylic oxidation sites excluding steroid dienone is 20. The molecule has 2 atom stereocenters. The van der Waals surface area contributed by atoms with Crippen LogP contribution >= 0.6 is 7.82 Å². The molecule has 0 rings (SSSR count). The molecular weight excluding hydrogens is 818 g/mol. The minimum Gasteiger partial charge on any atom is -0.457 e. The number of ether oxygens (including phenoxy) is 2. The van der Waals surface area contributed by atoms with E-state index in [1.54, 1.807) is 0 Å². The molecule has 9 heteroatoms. The number of carbonyl (C=O) groups is 1. The number of nitrogens with two attached hydrogens (primary N) is 1. The average Bonchev–Trinajstić information content (AvgIpc) is 3.29. The van der Waals surface area contributed by atoms with Crippen molar-refractivity contribution in [3.8, 4) is 0 Å². The molecular formula is C55H92NO7P. The van der Waals surface area contributed by atoms with Crippen LogP contribution in [0.1, 0.15) is 181 Å². The predicted octanol–water partition coefficient (Wildman–Crippen LogP) is 15.8. The normalized spacial score (nSPS) is 14.4. The van der Waals surface area contributed by atoms with Gasteiger partial charge in [0.15, 0.2) is 0 Å². The van der Waals surface area contributed by atoms with E-state index in [1.165, 1.54) is 57.8 Å². The molecule has 0 fully saturated rings. The van der Waals surface area contributed by atoms with Crippen LogP contribution in [-0.2, 0) is 27.9 Å². The van der Waals surface area contributed by atoms with Gasteiger partial charge in [-0.1, -0.05) is 193 Å². The van der Waals surface area contributed by atoms with Gasteiger partial charge in [-0.25, -0.2) is 4.57 Å². The highest BCUT2D eigenvalue weighted by molar-refractivity contribution is 7.47. The van der Waals surface area contributed by atoms with Crippen LogP contribution in [-0.4, -0.2) is 49.9 Å². The van der Waals surface area contributed by atoms with Crippen molar-refractivity contribution in [2.45, 2.75) is 187 Å². The van der Waals surface area contributed by atoms with E-state index in [0.717, 1.165) is 96.3 Å². The zero-order valence-electron chi connectivity index (χ0n) is 40.5. The molecule has 0 aliphatic carbocycles. The Hall–Kier alpha value is -3.10. The first-order valence-electron chi connectivity index (χ1n) is 25.0. The van der Waals surface area contributed by atoms with Crippen molar-refractivity contribution in [1.29, 1.82) is 0 Å². The number of hydrogen-bond donors (Lipinski definition) is 2. The molecule has 0 aliphatic heterocycles. The third-order valence-electron chi connectivity index (χ3n) is 9.87. The molecule has 364 valence electrons. The molecule has 3 N–H and O–H groups in total. The standard InChI is InChI=1S/C55H92NO7P/c1-3-5-7-9-11-13-15-17-19-21-23-24-25-26-27-28-29-31-33-35-37-39-41-43-45-47-50-60-52-54(53-62-64(58,59)61-51-49-56)63-55(57)48-46-44-42-40-38-36-34-32-30-22-20-18-16-14-12-10-8-6-4-2/h5-8,11-14,17-20,23-24,26-27,30,32,36,38,54H,3-4,9-10,15-16,21-22,25,28-29,31,33-35,37,39-53,56H2,1-2H3,(H,58,59)/b7-5-,8-6-,13-11-,14-12-,19-17-,20-18-,24-23-,27-26-,32-30-,38-36-. The molecule has 0 aromatic carbocycles. The summed E-state index contributed by atoms with van der Waals surface area (Å²) < 4.78 is 33.5. The fourth-order valence-electron chi connectivity index (χ4n) is 6.28. The van der Waals surface area contributed by atoms with Crippen molar-refractivity contribution in [1.82, 2.24) is 0 Å². The van der Waals surface area contributed by atoms with Crippen LogP contribution < -0.4 is 5.73 Å². The van der Waals surface area contributed by atoms with Crippen molar-refractivity contribution in [2.24, 2.45) is 5.73 Å². The second-order valence-electron chi connectivity index (χ2n) is 15.9. The van der Waals surface area contributed by atoms with Crippen LogP contribution in [0.3, 0.4) is 0 Å². The van der Waals surface area contributed by atoms with E-state index in [0.29, 0.717) is 13.0 Å². The fourth-order valence-corrected chi connectivity index (χ4v) is 7.05. The van der Waals surface area contributed by atoms with Gasteiger partial charge in [0, 0.05) is 19.6 Å². The van der Waals surface area contributed by atoms with E-state index in [-0.39, 0.29) is 38.8 Å². The zero-order valence-corrected chi connectivity index (χ0v) is 41.4. The summed E-state index contributed by atoms with van der Waals surface area (Å²) in [6.45, 7) is 4.61. The molecule has 0 spiro atoms. The van der Waals surface area contributed by atoms with E-state index >= 15 is 0 Å². The maximum atomic E-state index is 12.6. The molecule has 0 aliphatic rings. The van der Waals surface area contributed by atoms with Crippen LogP contribution in [0.15, 0.2) is 122 Å². The van der Waals surface area contributed by atoms with Gasteiger partial charge in [0.05, 0.1) is 19.8 Å². The van der Waals surface area contributed by atoms with Crippen LogP contribution in [0, 0.1) is 0 Å². The maximum Gasteiger partial charge on any atom is 0.472 e. The summed E-state index contributed by atoms with van der Waals surface area (Å²) in [5.74, 6) is -0.368. The van der Waals surface area contributed by atoms with Crippen LogP contribution in [0.2, 0.25) is 0 Å². The zero-order chi connectivity index (χ0) is 46.5. The van der Waals surface area contributed by atoms with Crippen LogP contribution in [0.5, 0.6) is 0 Å². The Bertz CT molecular complexity index is 1390. The quantitative estimate of drug-likeness (QED) is 0.0268. The summed E-state index contributed by atoms with van der Waals surface area (Å²) in [6.07, 6.45) is 70.9. The van der Waals surface area contributed by atoms with Crippen LogP contribution in [0.25, 0.3) is 0 Å². The summed E-state index contributed by atoms with van der Waals surface area (Å²) in [6, 6.07) is 0. The Balaban J connectivity index is 4.04. The Labute approximate surface area is 392 Å². The maximum absolute atomic E-state index is 12.6. The molecule has 0 radical (unpaired) electrons. The number of hydrogen-bond acceptors (Lipinski definition) is 7. The van der Waals surface area contributed by atoms with Crippen molar-refractivity contribution < 1.29 is 32.8 Å². The lowest BCUT2D eigenvalue weighted by atomic mass is 10.1. The first kappa shape index (κ1) is 60.9. The highest BCUT2D eigenvalue weighted by Gasteiger charge is 2.25. The van der Waals surface area contributed by atoms with Gasteiger partial charge in [0.25, 0.3) is 0 Å². The second kappa shape index (κ2) is 50.9. The lowest BCUT2D eigenvalue weighted by molar-refractivity contribution is -0.154. The Morgan fingerprint density at radius 2 is 0.828 bits per heavy atom. The van der Waals surface area contributed by atoms with Crippen LogP contribution in [0.4, 0.5) is 0 Å². The molecule has 0 saturated carbocycles. The number of carbonyl (C=O) groups excluding carboxylic acids is 1. The SMILES string of the molecule is CC/C=C\C/C=C\C/C=C\C/C=C\C/C=C\CCCCCCCCCCCCOCC(COP(=O)(O)OCCN)OC(=O)CCCCC/C=C\C/C=C\C/C=C\C/C=C\C/C=C\CC. The van der Waals surface area contributed by atoms with Crippen molar-refractivity contribution in [3.63, 3.8) is 0 Å². The van der Waals surface area contributed by atoms with Gasteiger partial charge in [0.2, 0.25) is 0 Å². The van der Waals surface area contributed by atoms with E-state index < -0.39 is 13.9 Å². The average molecular weight is 910 g/mol. The summed E-state index contributed by atoms with van der Waals surface area (Å²) in [7, 11) is -4.30. The number of phosphoric ester groups is 1.